The van der Waals surface area contributed by atoms with Crippen molar-refractivity contribution in [2.45, 2.75) is 42.1 Å². The van der Waals surface area contributed by atoms with Crippen molar-refractivity contribution in [1.82, 2.24) is 10.2 Å². The second kappa shape index (κ2) is 11.7. The molecular formula is C32H29IN2O2S. The van der Waals surface area contributed by atoms with Crippen molar-refractivity contribution >= 4 is 46.2 Å². The van der Waals surface area contributed by atoms with Crippen molar-refractivity contribution in [1.29, 1.82) is 0 Å². The molecule has 4 aromatic carbocycles. The van der Waals surface area contributed by atoms with Crippen LogP contribution < -0.4 is 5.32 Å². The van der Waals surface area contributed by atoms with Gasteiger partial charge in [0.1, 0.15) is 4.75 Å². The van der Waals surface area contributed by atoms with E-state index >= 15 is 0 Å². The van der Waals surface area contributed by atoms with Gasteiger partial charge in [-0.15, -0.1) is 11.8 Å². The van der Waals surface area contributed by atoms with Crippen LogP contribution in [-0.2, 0) is 22.7 Å². The Bertz CT molecular complexity index is 1410. The van der Waals surface area contributed by atoms with Crippen LogP contribution in [0.4, 0.5) is 0 Å². The first-order valence-electron chi connectivity index (χ1n) is 12.6. The average Bonchev–Trinajstić information content (AvgIpc) is 3.21. The van der Waals surface area contributed by atoms with Crippen LogP contribution in [0.3, 0.4) is 0 Å². The fourth-order valence-electron chi connectivity index (χ4n) is 4.98. The summed E-state index contributed by atoms with van der Waals surface area (Å²) in [4.78, 5) is 31.0. The van der Waals surface area contributed by atoms with Crippen LogP contribution in [0.2, 0.25) is 0 Å². The maximum atomic E-state index is 14.3. The lowest BCUT2D eigenvalue weighted by atomic mass is 9.91. The van der Waals surface area contributed by atoms with Gasteiger partial charge in [0.2, 0.25) is 11.8 Å². The van der Waals surface area contributed by atoms with Crippen LogP contribution in [0.1, 0.15) is 34.7 Å². The van der Waals surface area contributed by atoms with Crippen LogP contribution in [0.15, 0.2) is 114 Å². The van der Waals surface area contributed by atoms with Gasteiger partial charge >= 0.3 is 0 Å². The minimum Gasteiger partial charge on any atom is -0.351 e. The third-order valence-corrected chi connectivity index (χ3v) is 9.29. The Morgan fingerprint density at radius 1 is 0.895 bits per heavy atom. The Morgan fingerprint density at radius 2 is 1.50 bits per heavy atom. The number of nitrogens with one attached hydrogen (secondary N) is 1. The average molecular weight is 633 g/mol. The zero-order chi connectivity index (χ0) is 26.5. The van der Waals surface area contributed by atoms with Crippen molar-refractivity contribution in [2.24, 2.45) is 0 Å². The van der Waals surface area contributed by atoms with Gasteiger partial charge < -0.3 is 10.2 Å². The standard InChI is InChI=1S/C32H29IN2O2S/c1-23-16-18-26(19-17-23)38-32(31(37)34-21-24-10-4-2-5-11-24)20-29(36)35(22-25-12-6-3-7-13-25)30(32)27-14-8-9-15-28(27)33/h2-19,30H,20-22H2,1H3,(H,34,37)/t30-,32-/m1/s1. The first-order valence-corrected chi connectivity index (χ1v) is 14.5. The summed E-state index contributed by atoms with van der Waals surface area (Å²) in [5.74, 6) is -0.145. The lowest BCUT2D eigenvalue weighted by Gasteiger charge is -2.37. The molecule has 1 N–H and O–H groups in total. The van der Waals surface area contributed by atoms with E-state index < -0.39 is 10.8 Å². The molecule has 1 saturated heterocycles. The number of carbonyl (C=O) groups excluding carboxylic acids is 2. The summed E-state index contributed by atoms with van der Waals surface area (Å²) in [6.45, 7) is 2.89. The van der Waals surface area contributed by atoms with Crippen LogP contribution >= 0.6 is 34.4 Å². The molecule has 4 nitrogen and oxygen atoms in total. The Labute approximate surface area is 242 Å². The molecular weight excluding hydrogens is 603 g/mol. The van der Waals surface area contributed by atoms with Crippen LogP contribution in [0.5, 0.6) is 0 Å². The molecule has 4 aromatic rings. The Morgan fingerprint density at radius 3 is 2.16 bits per heavy atom. The molecule has 6 heteroatoms. The summed E-state index contributed by atoms with van der Waals surface area (Å²) in [5.41, 5.74) is 4.20. The highest BCUT2D eigenvalue weighted by Gasteiger charge is 2.58. The second-order valence-electron chi connectivity index (χ2n) is 9.58. The third kappa shape index (κ3) is 5.66. The van der Waals surface area contributed by atoms with Gasteiger partial charge in [0, 0.05) is 21.6 Å². The van der Waals surface area contributed by atoms with Gasteiger partial charge in [0.15, 0.2) is 0 Å². The minimum absolute atomic E-state index is 0.0204. The maximum absolute atomic E-state index is 14.3. The first kappa shape index (κ1) is 26.5. The monoisotopic (exact) mass is 632 g/mol. The van der Waals surface area contributed by atoms with Crippen molar-refractivity contribution in [3.63, 3.8) is 0 Å². The summed E-state index contributed by atoms with van der Waals surface area (Å²) in [5, 5.41) is 3.20. The molecule has 192 valence electrons. The molecule has 2 atom stereocenters. The number of rotatable bonds is 8. The number of carbonyl (C=O) groups is 2. The van der Waals surface area contributed by atoms with Gasteiger partial charge in [-0.25, -0.2) is 0 Å². The summed E-state index contributed by atoms with van der Waals surface area (Å²) < 4.78 is -0.00965. The first-order chi connectivity index (χ1) is 18.5. The Kier molecular flexibility index (Phi) is 8.19. The van der Waals surface area contributed by atoms with E-state index in [1.54, 1.807) is 0 Å². The highest BCUT2D eigenvalue weighted by Crippen LogP contribution is 2.53. The molecule has 5 rings (SSSR count). The summed E-state index contributed by atoms with van der Waals surface area (Å²) in [6, 6.07) is 35.7. The number of halogens is 1. The fraction of sp³-hybridized carbons (Fsp3) is 0.188. The van der Waals surface area contributed by atoms with Crippen LogP contribution in [-0.4, -0.2) is 21.5 Å². The lowest BCUT2D eigenvalue weighted by Crippen LogP contribution is -2.48. The van der Waals surface area contributed by atoms with E-state index in [2.05, 4.69) is 46.1 Å². The number of thioether (sulfide) groups is 1. The highest BCUT2D eigenvalue weighted by molar-refractivity contribution is 14.1. The number of hydrogen-bond acceptors (Lipinski definition) is 3. The normalized spacial score (nSPS) is 18.9. The molecule has 0 aliphatic carbocycles. The van der Waals surface area contributed by atoms with E-state index in [1.807, 2.05) is 103 Å². The predicted molar refractivity (Wildman–Crippen MR) is 162 cm³/mol. The van der Waals surface area contributed by atoms with E-state index in [9.17, 15) is 9.59 Å². The molecule has 0 saturated carbocycles. The smallest absolute Gasteiger partial charge is 0.239 e. The van der Waals surface area contributed by atoms with Gasteiger partial charge in [0.05, 0.1) is 12.5 Å². The minimum atomic E-state index is -1.04. The van der Waals surface area contributed by atoms with Crippen molar-refractivity contribution < 1.29 is 9.59 Å². The van der Waals surface area contributed by atoms with Gasteiger partial charge in [-0.3, -0.25) is 9.59 Å². The number of amides is 2. The molecule has 0 bridgehead atoms. The number of hydrogen-bond donors (Lipinski definition) is 1. The molecule has 0 unspecified atom stereocenters. The maximum Gasteiger partial charge on any atom is 0.239 e. The molecule has 1 heterocycles. The molecule has 1 fully saturated rings. The molecule has 1 aliphatic rings. The van der Waals surface area contributed by atoms with Crippen LogP contribution in [0, 0.1) is 10.5 Å². The van der Waals surface area contributed by atoms with Crippen molar-refractivity contribution in [3.05, 3.63) is 135 Å². The molecule has 2 amide bonds. The SMILES string of the molecule is Cc1ccc(S[C@]2(C(=O)NCc3ccccc3)CC(=O)N(Cc3ccccc3)[C@@H]2c2ccccc2I)cc1. The summed E-state index contributed by atoms with van der Waals surface area (Å²) >= 11 is 3.83. The molecule has 38 heavy (non-hydrogen) atoms. The molecule has 1 aliphatic heterocycles. The van der Waals surface area contributed by atoms with Gasteiger partial charge in [-0.2, -0.15) is 0 Å². The fourth-order valence-corrected chi connectivity index (χ4v) is 7.08. The topological polar surface area (TPSA) is 49.4 Å². The predicted octanol–water partition coefficient (Wildman–Crippen LogP) is 6.92. The number of benzene rings is 4. The van der Waals surface area contributed by atoms with Gasteiger partial charge in [-0.05, 0) is 64.4 Å². The van der Waals surface area contributed by atoms with E-state index in [0.717, 1.165) is 30.7 Å². The lowest BCUT2D eigenvalue weighted by molar-refractivity contribution is -0.129. The van der Waals surface area contributed by atoms with E-state index in [-0.39, 0.29) is 18.2 Å². The summed E-state index contributed by atoms with van der Waals surface area (Å²) in [6.07, 6.45) is 0.120. The van der Waals surface area contributed by atoms with Gasteiger partial charge in [-0.1, -0.05) is 96.6 Å². The zero-order valence-electron chi connectivity index (χ0n) is 21.1. The number of aryl methyl sites for hydroxylation is 1. The zero-order valence-corrected chi connectivity index (χ0v) is 24.1. The largest absolute Gasteiger partial charge is 0.351 e. The van der Waals surface area contributed by atoms with Crippen molar-refractivity contribution in [3.8, 4) is 0 Å². The quantitative estimate of drug-likeness (QED) is 0.215. The van der Waals surface area contributed by atoms with E-state index in [4.69, 9.17) is 0 Å². The molecule has 0 aromatic heterocycles. The molecule has 0 spiro atoms. The molecule has 0 radical (unpaired) electrons. The Balaban J connectivity index is 1.60. The number of nitrogens with zero attached hydrogens (tertiary/aromatic N) is 1. The Hall–Kier alpha value is -3.10. The van der Waals surface area contributed by atoms with E-state index in [1.165, 1.54) is 11.8 Å². The third-order valence-electron chi connectivity index (χ3n) is 6.88. The van der Waals surface area contributed by atoms with Crippen molar-refractivity contribution in [2.75, 3.05) is 0 Å². The van der Waals surface area contributed by atoms with Crippen LogP contribution in [0.25, 0.3) is 0 Å². The summed E-state index contributed by atoms with van der Waals surface area (Å²) in [7, 11) is 0. The highest BCUT2D eigenvalue weighted by atomic mass is 127. The van der Waals surface area contributed by atoms with Gasteiger partial charge in [0.25, 0.3) is 0 Å². The number of likely N-dealkylation sites (tertiary alicyclic amines) is 1. The van der Waals surface area contributed by atoms with E-state index in [0.29, 0.717) is 13.1 Å². The second-order valence-corrected chi connectivity index (χ2v) is 12.1.